The average molecular weight is 305 g/mol. The van der Waals surface area contributed by atoms with Crippen molar-refractivity contribution in [2.45, 2.75) is 59.3 Å². The predicted molar refractivity (Wildman–Crippen MR) is 88.0 cm³/mol. The first-order valence-corrected chi connectivity index (χ1v) is 8.02. The summed E-state index contributed by atoms with van der Waals surface area (Å²) < 4.78 is 0. The van der Waals surface area contributed by atoms with Crippen LogP contribution >= 0.6 is 12.4 Å². The van der Waals surface area contributed by atoms with Crippen LogP contribution in [0.2, 0.25) is 0 Å². The number of rotatable bonds is 7. The van der Waals surface area contributed by atoms with Crippen LogP contribution in [0, 0.1) is 23.7 Å². The summed E-state index contributed by atoms with van der Waals surface area (Å²) in [6.07, 6.45) is 7.78. The van der Waals surface area contributed by atoms with Crippen LogP contribution in [-0.2, 0) is 4.79 Å². The number of carbonyl (C=O) groups is 1. The van der Waals surface area contributed by atoms with E-state index in [-0.39, 0.29) is 24.2 Å². The fourth-order valence-corrected chi connectivity index (χ4v) is 2.95. The fourth-order valence-electron chi connectivity index (χ4n) is 2.95. The molecule has 0 aromatic carbocycles. The van der Waals surface area contributed by atoms with Gasteiger partial charge in [0.15, 0.2) is 0 Å². The van der Waals surface area contributed by atoms with Crippen LogP contribution < -0.4 is 11.1 Å². The van der Waals surface area contributed by atoms with Gasteiger partial charge in [0.1, 0.15) is 0 Å². The standard InChI is InChI=1S/C16H32N2O.ClH/c1-12(2)15(9-14-7-5-4-6-8-14)16(19)18-11-13(3)10-17;/h12-15H,4-11,17H2,1-3H3,(H,18,19);1H. The zero-order valence-corrected chi connectivity index (χ0v) is 14.2. The van der Waals surface area contributed by atoms with E-state index in [1.165, 1.54) is 32.1 Å². The Kier molecular flexibility index (Phi) is 10.3. The van der Waals surface area contributed by atoms with E-state index in [2.05, 4.69) is 26.1 Å². The van der Waals surface area contributed by atoms with E-state index in [1.54, 1.807) is 0 Å². The lowest BCUT2D eigenvalue weighted by Gasteiger charge is -2.28. The molecule has 1 aliphatic carbocycles. The van der Waals surface area contributed by atoms with Crippen LogP contribution in [0.4, 0.5) is 0 Å². The number of nitrogens with two attached hydrogens (primary N) is 1. The number of amides is 1. The maximum atomic E-state index is 12.3. The Morgan fingerprint density at radius 3 is 2.30 bits per heavy atom. The smallest absolute Gasteiger partial charge is 0.223 e. The molecule has 0 heterocycles. The summed E-state index contributed by atoms with van der Waals surface area (Å²) in [4.78, 5) is 12.3. The highest BCUT2D eigenvalue weighted by Gasteiger charge is 2.26. The molecule has 1 aliphatic rings. The highest BCUT2D eigenvalue weighted by molar-refractivity contribution is 5.85. The Bertz CT molecular complexity index is 265. The predicted octanol–water partition coefficient (Wildman–Crippen LogP) is 3.36. The first-order chi connectivity index (χ1) is 9.04. The summed E-state index contributed by atoms with van der Waals surface area (Å²) in [5.74, 6) is 1.97. The molecule has 1 fully saturated rings. The molecule has 3 N–H and O–H groups in total. The highest BCUT2D eigenvalue weighted by atomic mass is 35.5. The maximum Gasteiger partial charge on any atom is 0.223 e. The molecule has 20 heavy (non-hydrogen) atoms. The van der Waals surface area contributed by atoms with Crippen LogP contribution in [0.25, 0.3) is 0 Å². The Morgan fingerprint density at radius 2 is 1.80 bits per heavy atom. The molecule has 1 amide bonds. The van der Waals surface area contributed by atoms with Crippen molar-refractivity contribution in [2.24, 2.45) is 29.4 Å². The van der Waals surface area contributed by atoms with Crippen LogP contribution in [0.5, 0.6) is 0 Å². The second-order valence-corrected chi connectivity index (χ2v) is 6.68. The molecule has 1 rings (SSSR count). The van der Waals surface area contributed by atoms with Gasteiger partial charge in [-0.2, -0.15) is 0 Å². The van der Waals surface area contributed by atoms with E-state index < -0.39 is 0 Å². The van der Waals surface area contributed by atoms with Gasteiger partial charge in [0.05, 0.1) is 0 Å². The minimum absolute atomic E-state index is 0. The molecular formula is C16H33ClN2O. The van der Waals surface area contributed by atoms with Crippen molar-refractivity contribution in [3.8, 4) is 0 Å². The second-order valence-electron chi connectivity index (χ2n) is 6.68. The summed E-state index contributed by atoms with van der Waals surface area (Å²) in [5, 5.41) is 3.09. The first-order valence-electron chi connectivity index (χ1n) is 8.02. The molecule has 120 valence electrons. The van der Waals surface area contributed by atoms with E-state index in [0.717, 1.165) is 12.3 Å². The van der Waals surface area contributed by atoms with Crippen LogP contribution in [0.1, 0.15) is 59.3 Å². The van der Waals surface area contributed by atoms with Gasteiger partial charge in [-0.1, -0.05) is 52.9 Å². The monoisotopic (exact) mass is 304 g/mol. The van der Waals surface area contributed by atoms with E-state index in [9.17, 15) is 4.79 Å². The van der Waals surface area contributed by atoms with Crippen molar-refractivity contribution >= 4 is 18.3 Å². The molecule has 0 aromatic heterocycles. The molecular weight excluding hydrogens is 272 g/mol. The van der Waals surface area contributed by atoms with Gasteiger partial charge in [-0.25, -0.2) is 0 Å². The van der Waals surface area contributed by atoms with Crippen molar-refractivity contribution in [2.75, 3.05) is 13.1 Å². The van der Waals surface area contributed by atoms with Gasteiger partial charge in [0.2, 0.25) is 5.91 Å². The first kappa shape index (κ1) is 19.7. The van der Waals surface area contributed by atoms with Crippen molar-refractivity contribution in [1.82, 2.24) is 5.32 Å². The van der Waals surface area contributed by atoms with Crippen molar-refractivity contribution in [3.63, 3.8) is 0 Å². The van der Waals surface area contributed by atoms with E-state index in [1.807, 2.05) is 0 Å². The highest BCUT2D eigenvalue weighted by Crippen LogP contribution is 2.31. The topological polar surface area (TPSA) is 55.1 Å². The number of hydrogen-bond donors (Lipinski definition) is 2. The van der Waals surface area contributed by atoms with Gasteiger partial charge in [-0.15, -0.1) is 12.4 Å². The molecule has 0 radical (unpaired) electrons. The summed E-state index contributed by atoms with van der Waals surface area (Å²) >= 11 is 0. The summed E-state index contributed by atoms with van der Waals surface area (Å²) in [7, 11) is 0. The Balaban J connectivity index is 0.00000361. The number of hydrogen-bond acceptors (Lipinski definition) is 2. The van der Waals surface area contributed by atoms with Crippen molar-refractivity contribution in [3.05, 3.63) is 0 Å². The second kappa shape index (κ2) is 10.4. The minimum atomic E-state index is 0. The third-order valence-electron chi connectivity index (χ3n) is 4.48. The van der Waals surface area contributed by atoms with Crippen molar-refractivity contribution < 1.29 is 4.79 Å². The number of halogens is 1. The summed E-state index contributed by atoms with van der Waals surface area (Å²) in [6, 6.07) is 0. The number of nitrogens with one attached hydrogen (secondary N) is 1. The normalized spacial score (nSPS) is 19.2. The number of carbonyl (C=O) groups excluding carboxylic acids is 1. The Labute approximate surface area is 130 Å². The fraction of sp³-hybridized carbons (Fsp3) is 0.938. The van der Waals surface area contributed by atoms with Gasteiger partial charge in [-0.05, 0) is 30.7 Å². The molecule has 2 unspecified atom stereocenters. The molecule has 0 bridgehead atoms. The van der Waals surface area contributed by atoms with Gasteiger partial charge in [-0.3, -0.25) is 4.79 Å². The SMILES string of the molecule is CC(CN)CNC(=O)C(CC1CCCCC1)C(C)C.Cl. The van der Waals surface area contributed by atoms with Crippen LogP contribution in [0.3, 0.4) is 0 Å². The molecule has 0 aliphatic heterocycles. The zero-order valence-electron chi connectivity index (χ0n) is 13.4. The molecule has 4 heteroatoms. The largest absolute Gasteiger partial charge is 0.356 e. The summed E-state index contributed by atoms with van der Waals surface area (Å²) in [6.45, 7) is 7.75. The zero-order chi connectivity index (χ0) is 14.3. The minimum Gasteiger partial charge on any atom is -0.356 e. The maximum absolute atomic E-state index is 12.3. The molecule has 2 atom stereocenters. The quantitative estimate of drug-likeness (QED) is 0.758. The van der Waals surface area contributed by atoms with E-state index >= 15 is 0 Å². The van der Waals surface area contributed by atoms with Gasteiger partial charge < -0.3 is 11.1 Å². The molecule has 0 aromatic rings. The van der Waals surface area contributed by atoms with Gasteiger partial charge >= 0.3 is 0 Å². The lowest BCUT2D eigenvalue weighted by atomic mass is 9.79. The summed E-state index contributed by atoms with van der Waals surface area (Å²) in [5.41, 5.74) is 5.59. The van der Waals surface area contributed by atoms with E-state index in [0.29, 0.717) is 24.9 Å². The molecule has 1 saturated carbocycles. The van der Waals surface area contributed by atoms with Crippen LogP contribution in [0.15, 0.2) is 0 Å². The lowest BCUT2D eigenvalue weighted by molar-refractivity contribution is -0.127. The lowest BCUT2D eigenvalue weighted by Crippen LogP contribution is -2.38. The van der Waals surface area contributed by atoms with Crippen molar-refractivity contribution in [1.29, 1.82) is 0 Å². The van der Waals surface area contributed by atoms with Gasteiger partial charge in [0.25, 0.3) is 0 Å². The molecule has 3 nitrogen and oxygen atoms in total. The molecule has 0 saturated heterocycles. The Morgan fingerprint density at radius 1 is 1.20 bits per heavy atom. The third kappa shape index (κ3) is 6.94. The van der Waals surface area contributed by atoms with Crippen LogP contribution in [-0.4, -0.2) is 19.0 Å². The average Bonchev–Trinajstić information content (AvgIpc) is 2.42. The van der Waals surface area contributed by atoms with E-state index in [4.69, 9.17) is 5.73 Å². The van der Waals surface area contributed by atoms with Gasteiger partial charge in [0, 0.05) is 12.5 Å². The third-order valence-corrected chi connectivity index (χ3v) is 4.48. The molecule has 0 spiro atoms. The Hall–Kier alpha value is -0.280.